The number of allylic oxidation sites excluding steroid dienone is 8. The minimum Gasteiger partial charge on any atom is -0.477 e. The van der Waals surface area contributed by atoms with Crippen LogP contribution in [0.3, 0.4) is 0 Å². The van der Waals surface area contributed by atoms with Gasteiger partial charge >= 0.3 is 17.9 Å². The molecule has 0 rings (SSSR count). The minimum absolute atomic E-state index is 0.140. The maximum Gasteiger partial charge on any atom is 0.361 e. The number of nitrogens with zero attached hydrogens (tertiary/aromatic N) is 1. The van der Waals surface area contributed by atoms with E-state index < -0.39 is 24.3 Å². The lowest BCUT2D eigenvalue weighted by Crippen LogP contribution is -2.40. The highest BCUT2D eigenvalue weighted by molar-refractivity contribution is 5.71. The molecular formula is C68H126NO8+. The zero-order chi connectivity index (χ0) is 56.2. The monoisotopic (exact) mass is 1080 g/mol. The molecule has 0 aliphatic rings. The Morgan fingerprint density at radius 3 is 1.08 bits per heavy atom. The summed E-state index contributed by atoms with van der Waals surface area (Å²) in [7, 11) is 5.95. The average Bonchev–Trinajstić information content (AvgIpc) is 3.40. The maximum absolute atomic E-state index is 12.8. The van der Waals surface area contributed by atoms with Crippen LogP contribution in [-0.4, -0.2) is 87.4 Å². The number of hydrogen-bond acceptors (Lipinski definition) is 7. The molecule has 0 radical (unpaired) electrons. The molecule has 0 aromatic carbocycles. The molecule has 0 bridgehead atoms. The Hall–Kier alpha value is -2.75. The molecule has 0 heterocycles. The fraction of sp³-hybridized carbons (Fsp3) is 0.838. The van der Waals surface area contributed by atoms with Crippen LogP contribution in [0.2, 0.25) is 0 Å². The molecule has 0 saturated carbocycles. The highest BCUT2D eigenvalue weighted by Crippen LogP contribution is 2.18. The number of rotatable bonds is 61. The summed E-state index contributed by atoms with van der Waals surface area (Å²) in [6.07, 6.45) is 72.9. The summed E-state index contributed by atoms with van der Waals surface area (Å²) in [5.74, 6) is -2.10. The van der Waals surface area contributed by atoms with E-state index >= 15 is 0 Å². The largest absolute Gasteiger partial charge is 0.477 e. The van der Waals surface area contributed by atoms with E-state index in [1.54, 1.807) is 0 Å². The summed E-state index contributed by atoms with van der Waals surface area (Å²) in [4.78, 5) is 37.3. The van der Waals surface area contributed by atoms with E-state index in [-0.39, 0.29) is 32.2 Å². The van der Waals surface area contributed by atoms with Gasteiger partial charge < -0.3 is 28.5 Å². The molecule has 0 fully saturated rings. The van der Waals surface area contributed by atoms with E-state index in [0.29, 0.717) is 23.9 Å². The van der Waals surface area contributed by atoms with Crippen molar-refractivity contribution >= 4 is 17.9 Å². The second-order valence-corrected chi connectivity index (χ2v) is 23.4. The zero-order valence-corrected chi connectivity index (χ0v) is 51.4. The molecule has 9 nitrogen and oxygen atoms in total. The van der Waals surface area contributed by atoms with Crippen molar-refractivity contribution in [1.29, 1.82) is 0 Å². The van der Waals surface area contributed by atoms with Gasteiger partial charge in [0.2, 0.25) is 0 Å². The third-order valence-corrected chi connectivity index (χ3v) is 14.6. The Labute approximate surface area is 476 Å². The minimum atomic E-state index is -1.53. The quantitative estimate of drug-likeness (QED) is 0.0211. The number of ether oxygens (including phenoxy) is 4. The van der Waals surface area contributed by atoms with E-state index in [1.807, 2.05) is 33.3 Å². The Morgan fingerprint density at radius 1 is 0.403 bits per heavy atom. The molecule has 9 heteroatoms. The summed E-state index contributed by atoms with van der Waals surface area (Å²) < 4.78 is 22.8. The number of carbonyl (C=O) groups excluding carboxylic acids is 2. The van der Waals surface area contributed by atoms with Crippen molar-refractivity contribution in [3.8, 4) is 0 Å². The lowest BCUT2D eigenvalue weighted by Gasteiger charge is -2.25. The molecule has 450 valence electrons. The van der Waals surface area contributed by atoms with Crippen LogP contribution < -0.4 is 0 Å². The van der Waals surface area contributed by atoms with Crippen LogP contribution in [0.1, 0.15) is 309 Å². The van der Waals surface area contributed by atoms with Crippen molar-refractivity contribution < 1.29 is 42.9 Å². The topological polar surface area (TPSA) is 108 Å². The van der Waals surface area contributed by atoms with Crippen LogP contribution in [0, 0.1) is 0 Å². The summed E-state index contributed by atoms with van der Waals surface area (Å²) in [6.45, 7) is 4.71. The first kappa shape index (κ1) is 74.2. The van der Waals surface area contributed by atoms with Crippen LogP contribution in [0.4, 0.5) is 0 Å². The number of likely N-dealkylation sites (N-methyl/N-ethyl adjacent to an activating group) is 1. The van der Waals surface area contributed by atoms with Gasteiger partial charge in [0.05, 0.1) is 34.4 Å². The Balaban J connectivity index is 3.90. The molecule has 77 heavy (non-hydrogen) atoms. The fourth-order valence-corrected chi connectivity index (χ4v) is 9.62. The predicted octanol–water partition coefficient (Wildman–Crippen LogP) is 19.8. The molecule has 0 spiro atoms. The van der Waals surface area contributed by atoms with Crippen LogP contribution in [0.5, 0.6) is 0 Å². The predicted molar refractivity (Wildman–Crippen MR) is 327 cm³/mol. The van der Waals surface area contributed by atoms with Crippen LogP contribution in [0.15, 0.2) is 48.6 Å². The van der Waals surface area contributed by atoms with Gasteiger partial charge in [0.25, 0.3) is 6.29 Å². The number of esters is 2. The second-order valence-electron chi connectivity index (χ2n) is 23.4. The van der Waals surface area contributed by atoms with Crippen molar-refractivity contribution in [2.24, 2.45) is 0 Å². The van der Waals surface area contributed by atoms with Crippen molar-refractivity contribution in [3.63, 3.8) is 0 Å². The fourth-order valence-electron chi connectivity index (χ4n) is 9.62. The van der Waals surface area contributed by atoms with Crippen molar-refractivity contribution in [2.45, 2.75) is 322 Å². The number of carbonyl (C=O) groups is 3. The van der Waals surface area contributed by atoms with Crippen LogP contribution in [-0.2, 0) is 33.3 Å². The highest BCUT2D eigenvalue weighted by atomic mass is 16.7. The van der Waals surface area contributed by atoms with E-state index in [1.165, 1.54) is 231 Å². The number of unbranched alkanes of at least 4 members (excludes halogenated alkanes) is 38. The van der Waals surface area contributed by atoms with Crippen LogP contribution in [0.25, 0.3) is 0 Å². The van der Waals surface area contributed by atoms with Gasteiger partial charge in [-0.25, -0.2) is 4.79 Å². The van der Waals surface area contributed by atoms with Crippen LogP contribution >= 0.6 is 0 Å². The van der Waals surface area contributed by atoms with Crippen molar-refractivity contribution in [1.82, 2.24) is 0 Å². The lowest BCUT2D eigenvalue weighted by atomic mass is 10.0. The van der Waals surface area contributed by atoms with E-state index in [0.717, 1.165) is 44.9 Å². The smallest absolute Gasteiger partial charge is 0.361 e. The molecule has 0 aliphatic carbocycles. The summed E-state index contributed by atoms with van der Waals surface area (Å²) in [5, 5.41) is 9.68. The van der Waals surface area contributed by atoms with E-state index in [2.05, 4.69) is 50.3 Å². The molecule has 2 unspecified atom stereocenters. The molecular weight excluding hydrogens is 959 g/mol. The SMILES string of the molecule is CC/C=C\C/C=C\C/C=C\C/C=C\CCC(=O)OC(COC(=O)CCCCCCCCCCCCCCCCCCCCCCCCCCCCCCCCCCCCCCCCC)COC(OCC[N+](C)(C)C)C(=O)O. The number of hydrogen-bond donors (Lipinski definition) is 1. The molecule has 0 aromatic rings. The average molecular weight is 1090 g/mol. The maximum atomic E-state index is 12.8. The Bertz CT molecular complexity index is 1400. The molecule has 0 aliphatic heterocycles. The van der Waals surface area contributed by atoms with Gasteiger partial charge in [-0.1, -0.05) is 306 Å². The highest BCUT2D eigenvalue weighted by Gasteiger charge is 2.25. The normalized spacial score (nSPS) is 13.0. The third-order valence-electron chi connectivity index (χ3n) is 14.6. The number of aliphatic carboxylic acids is 1. The number of carboxylic acids is 1. The van der Waals surface area contributed by atoms with Crippen molar-refractivity contribution in [3.05, 3.63) is 48.6 Å². The summed E-state index contributed by atoms with van der Waals surface area (Å²) in [6, 6.07) is 0. The first-order valence-electron chi connectivity index (χ1n) is 32.8. The lowest BCUT2D eigenvalue weighted by molar-refractivity contribution is -0.870. The molecule has 0 amide bonds. The number of carboxylic acid groups (broad SMARTS) is 1. The Morgan fingerprint density at radius 2 is 0.740 bits per heavy atom. The van der Waals surface area contributed by atoms with Gasteiger partial charge in [-0.2, -0.15) is 0 Å². The summed E-state index contributed by atoms with van der Waals surface area (Å²) >= 11 is 0. The van der Waals surface area contributed by atoms with Gasteiger partial charge in [0.15, 0.2) is 6.10 Å². The van der Waals surface area contributed by atoms with Gasteiger partial charge in [0.1, 0.15) is 13.2 Å². The van der Waals surface area contributed by atoms with Gasteiger partial charge in [0, 0.05) is 12.8 Å². The van der Waals surface area contributed by atoms with Gasteiger partial charge in [-0.3, -0.25) is 9.59 Å². The molecule has 2 atom stereocenters. The molecule has 0 aromatic heterocycles. The first-order valence-corrected chi connectivity index (χ1v) is 32.8. The zero-order valence-electron chi connectivity index (χ0n) is 51.4. The number of quaternary nitrogens is 1. The van der Waals surface area contributed by atoms with E-state index in [9.17, 15) is 19.5 Å². The summed E-state index contributed by atoms with van der Waals surface area (Å²) in [5.41, 5.74) is 0. The van der Waals surface area contributed by atoms with Gasteiger partial charge in [-0.15, -0.1) is 0 Å². The Kier molecular flexibility index (Phi) is 57.3. The second kappa shape index (κ2) is 59.4. The van der Waals surface area contributed by atoms with Gasteiger partial charge in [-0.05, 0) is 38.5 Å². The standard InChI is InChI=1S/C68H125NO8/c1-6-8-10-12-14-16-18-20-21-22-23-24-25-26-27-28-29-30-31-32-33-34-35-36-37-38-39-40-41-42-43-44-45-47-48-50-52-54-56-58-65(70)75-62-64(63-76-68(67(72)73)74-61-60-69(3,4)5)77-66(71)59-57-55-53-51-49-46-19-17-15-13-11-9-7-2/h9,11,15,17,46,49,53,55,64,68H,6-8,10,12-14,16,18-45,47-48,50-52,54,56-63H2,1-5H3/p+1/b11-9-,17-15-,49-46-,55-53-. The van der Waals surface area contributed by atoms with Crippen molar-refractivity contribution in [2.75, 3.05) is 47.5 Å². The third kappa shape index (κ3) is 60.7. The first-order chi connectivity index (χ1) is 37.6. The van der Waals surface area contributed by atoms with E-state index in [4.69, 9.17) is 18.9 Å². The molecule has 1 N–H and O–H groups in total. The molecule has 0 saturated heterocycles.